The zero-order valence-electron chi connectivity index (χ0n) is 8.37. The first-order chi connectivity index (χ1) is 6.34. The van der Waals surface area contributed by atoms with Crippen molar-refractivity contribution in [3.8, 4) is 0 Å². The van der Waals surface area contributed by atoms with Crippen molar-refractivity contribution < 1.29 is 19.5 Å². The van der Waals surface area contributed by atoms with Gasteiger partial charge in [0.2, 0.25) is 0 Å². The van der Waals surface area contributed by atoms with Gasteiger partial charge in [0.15, 0.2) is 5.60 Å². The number of carbonyl (C=O) groups is 1. The molecule has 78 valence electrons. The number of aryl methyl sites for hydroxylation is 2. The lowest BCUT2D eigenvalue weighted by Crippen LogP contribution is -2.37. The molecule has 0 aliphatic carbocycles. The van der Waals surface area contributed by atoms with E-state index in [4.69, 9.17) is 9.63 Å². The predicted octanol–water partition coefficient (Wildman–Crippen LogP) is 0.670. The molecule has 2 N–H and O–H groups in total. The molecule has 1 aromatic rings. The first-order valence-corrected chi connectivity index (χ1v) is 4.22. The van der Waals surface area contributed by atoms with Gasteiger partial charge in [-0.15, -0.1) is 0 Å². The van der Waals surface area contributed by atoms with Gasteiger partial charge in [-0.25, -0.2) is 4.79 Å². The Kier molecular flexibility index (Phi) is 2.62. The van der Waals surface area contributed by atoms with Crippen molar-refractivity contribution in [3.63, 3.8) is 0 Å². The zero-order chi connectivity index (χ0) is 10.9. The normalized spacial score (nSPS) is 15.1. The van der Waals surface area contributed by atoms with Crippen LogP contribution in [0.2, 0.25) is 0 Å². The van der Waals surface area contributed by atoms with Gasteiger partial charge in [-0.2, -0.15) is 0 Å². The van der Waals surface area contributed by atoms with E-state index in [-0.39, 0.29) is 6.42 Å². The summed E-state index contributed by atoms with van der Waals surface area (Å²) in [6.07, 6.45) is 0.00347. The molecule has 0 fully saturated rings. The number of carboxylic acid groups (broad SMARTS) is 1. The van der Waals surface area contributed by atoms with Crippen LogP contribution >= 0.6 is 0 Å². The van der Waals surface area contributed by atoms with Crippen molar-refractivity contribution in [2.24, 2.45) is 0 Å². The first-order valence-electron chi connectivity index (χ1n) is 4.22. The van der Waals surface area contributed by atoms with Gasteiger partial charge in [0.05, 0.1) is 5.69 Å². The van der Waals surface area contributed by atoms with Crippen molar-refractivity contribution in [2.45, 2.75) is 32.8 Å². The Morgan fingerprint density at radius 3 is 2.50 bits per heavy atom. The van der Waals surface area contributed by atoms with Crippen LogP contribution in [0.3, 0.4) is 0 Å². The molecule has 0 aliphatic heterocycles. The monoisotopic (exact) mass is 199 g/mol. The molecule has 0 amide bonds. The number of rotatable bonds is 3. The number of nitrogens with zero attached hydrogens (tertiary/aromatic N) is 1. The largest absolute Gasteiger partial charge is 0.479 e. The van der Waals surface area contributed by atoms with Crippen LogP contribution in [-0.2, 0) is 11.2 Å². The molecule has 1 unspecified atom stereocenters. The summed E-state index contributed by atoms with van der Waals surface area (Å²) in [4.78, 5) is 10.7. The Hall–Kier alpha value is -1.36. The Balaban J connectivity index is 2.94. The van der Waals surface area contributed by atoms with Crippen molar-refractivity contribution in [2.75, 3.05) is 0 Å². The summed E-state index contributed by atoms with van der Waals surface area (Å²) in [5.74, 6) is -0.707. The average molecular weight is 199 g/mol. The van der Waals surface area contributed by atoms with Gasteiger partial charge in [0.1, 0.15) is 5.76 Å². The average Bonchev–Trinajstić information content (AvgIpc) is 2.35. The fourth-order valence-corrected chi connectivity index (χ4v) is 1.17. The molecule has 1 aromatic heterocycles. The zero-order valence-corrected chi connectivity index (χ0v) is 8.37. The highest BCUT2D eigenvalue weighted by molar-refractivity contribution is 5.77. The van der Waals surface area contributed by atoms with Crippen LogP contribution in [0.15, 0.2) is 4.52 Å². The lowest BCUT2D eigenvalue weighted by atomic mass is 9.96. The topological polar surface area (TPSA) is 83.6 Å². The second-order valence-electron chi connectivity index (χ2n) is 3.56. The highest BCUT2D eigenvalue weighted by Crippen LogP contribution is 2.19. The molecule has 1 rings (SSSR count). The number of carboxylic acids is 1. The summed E-state index contributed by atoms with van der Waals surface area (Å²) in [7, 11) is 0. The summed E-state index contributed by atoms with van der Waals surface area (Å²) in [5, 5.41) is 21.9. The maximum atomic E-state index is 10.7. The minimum absolute atomic E-state index is 0.00347. The van der Waals surface area contributed by atoms with E-state index in [9.17, 15) is 9.90 Å². The third-order valence-electron chi connectivity index (χ3n) is 2.16. The molecule has 0 saturated carbocycles. The molecule has 0 aromatic carbocycles. The van der Waals surface area contributed by atoms with Crippen molar-refractivity contribution in [1.29, 1.82) is 0 Å². The maximum absolute atomic E-state index is 10.7. The van der Waals surface area contributed by atoms with Gasteiger partial charge in [-0.05, 0) is 20.8 Å². The number of aromatic nitrogens is 1. The van der Waals surface area contributed by atoms with Gasteiger partial charge in [0.25, 0.3) is 0 Å². The third-order valence-corrected chi connectivity index (χ3v) is 2.16. The van der Waals surface area contributed by atoms with E-state index in [1.807, 2.05) is 0 Å². The van der Waals surface area contributed by atoms with Gasteiger partial charge in [-0.1, -0.05) is 5.16 Å². The maximum Gasteiger partial charge on any atom is 0.335 e. The first kappa shape index (κ1) is 10.7. The number of hydrogen-bond acceptors (Lipinski definition) is 4. The Morgan fingerprint density at radius 2 is 2.14 bits per heavy atom. The lowest BCUT2D eigenvalue weighted by molar-refractivity contribution is -0.156. The third kappa shape index (κ3) is 1.93. The molecule has 0 spiro atoms. The van der Waals surface area contributed by atoms with E-state index < -0.39 is 11.6 Å². The molecule has 0 saturated heterocycles. The highest BCUT2D eigenvalue weighted by atomic mass is 16.5. The van der Waals surface area contributed by atoms with Crippen LogP contribution in [0.5, 0.6) is 0 Å². The van der Waals surface area contributed by atoms with E-state index >= 15 is 0 Å². The SMILES string of the molecule is Cc1noc(C)c1CC(C)(O)C(=O)O. The van der Waals surface area contributed by atoms with E-state index in [1.165, 1.54) is 6.92 Å². The summed E-state index contributed by atoms with van der Waals surface area (Å²) >= 11 is 0. The van der Waals surface area contributed by atoms with E-state index in [2.05, 4.69) is 5.16 Å². The van der Waals surface area contributed by atoms with E-state index in [0.29, 0.717) is 17.0 Å². The molecular weight excluding hydrogens is 186 g/mol. The van der Waals surface area contributed by atoms with Crippen LogP contribution in [-0.4, -0.2) is 26.9 Å². The van der Waals surface area contributed by atoms with Crippen LogP contribution in [0.4, 0.5) is 0 Å². The molecule has 5 heteroatoms. The molecule has 0 aliphatic rings. The van der Waals surface area contributed by atoms with Crippen LogP contribution in [0, 0.1) is 13.8 Å². The second-order valence-corrected chi connectivity index (χ2v) is 3.56. The predicted molar refractivity (Wildman–Crippen MR) is 47.9 cm³/mol. The van der Waals surface area contributed by atoms with Crippen molar-refractivity contribution in [3.05, 3.63) is 17.0 Å². The van der Waals surface area contributed by atoms with Gasteiger partial charge < -0.3 is 14.7 Å². The smallest absolute Gasteiger partial charge is 0.335 e. The summed E-state index contributed by atoms with van der Waals surface area (Å²) < 4.78 is 4.87. The highest BCUT2D eigenvalue weighted by Gasteiger charge is 2.32. The molecule has 1 atom stereocenters. The van der Waals surface area contributed by atoms with Gasteiger partial charge >= 0.3 is 5.97 Å². The number of hydrogen-bond donors (Lipinski definition) is 2. The minimum Gasteiger partial charge on any atom is -0.479 e. The molecular formula is C9H13NO4. The molecule has 1 heterocycles. The molecule has 0 radical (unpaired) electrons. The van der Waals surface area contributed by atoms with Crippen LogP contribution < -0.4 is 0 Å². The van der Waals surface area contributed by atoms with E-state index in [0.717, 1.165) is 0 Å². The van der Waals surface area contributed by atoms with Crippen molar-refractivity contribution in [1.82, 2.24) is 5.16 Å². The summed E-state index contributed by atoms with van der Waals surface area (Å²) in [5.41, 5.74) is -0.512. The van der Waals surface area contributed by atoms with Gasteiger partial charge in [-0.3, -0.25) is 0 Å². The molecule has 14 heavy (non-hydrogen) atoms. The second kappa shape index (κ2) is 3.42. The lowest BCUT2D eigenvalue weighted by Gasteiger charge is -2.17. The van der Waals surface area contributed by atoms with Crippen LogP contribution in [0.25, 0.3) is 0 Å². The Morgan fingerprint density at radius 1 is 1.57 bits per heavy atom. The van der Waals surface area contributed by atoms with Crippen LogP contribution in [0.1, 0.15) is 23.9 Å². The fraction of sp³-hybridized carbons (Fsp3) is 0.556. The number of aliphatic carboxylic acids is 1. The molecule has 0 bridgehead atoms. The summed E-state index contributed by atoms with van der Waals surface area (Å²) in [6, 6.07) is 0. The quantitative estimate of drug-likeness (QED) is 0.747. The Bertz CT molecular complexity index is 334. The van der Waals surface area contributed by atoms with Crippen molar-refractivity contribution >= 4 is 5.97 Å². The van der Waals surface area contributed by atoms with E-state index in [1.54, 1.807) is 13.8 Å². The summed E-state index contributed by atoms with van der Waals surface area (Å²) in [6.45, 7) is 4.65. The number of aliphatic hydroxyl groups is 1. The minimum atomic E-state index is -1.78. The Labute approximate surface area is 81.3 Å². The molecule has 5 nitrogen and oxygen atoms in total. The standard InChI is InChI=1S/C9H13NO4/c1-5-7(6(2)14-10-5)4-9(3,13)8(11)12/h13H,4H2,1-3H3,(H,11,12). The van der Waals surface area contributed by atoms with Gasteiger partial charge in [0, 0.05) is 12.0 Å². The fourth-order valence-electron chi connectivity index (χ4n) is 1.17.